The molecule has 1 unspecified atom stereocenters. The van der Waals surface area contributed by atoms with E-state index in [1.165, 1.54) is 18.7 Å². The highest BCUT2D eigenvalue weighted by atomic mass is 31.1. The predicted octanol–water partition coefficient (Wildman–Crippen LogP) is 1.35. The van der Waals surface area contributed by atoms with E-state index in [4.69, 9.17) is 0 Å². The molecule has 1 fully saturated rings. The van der Waals surface area contributed by atoms with Gasteiger partial charge < -0.3 is 0 Å². The Hall–Kier alpha value is 0.0400. The third-order valence-corrected chi connectivity index (χ3v) is 4.21. The molecule has 0 spiro atoms. The molecule has 1 saturated heterocycles. The summed E-state index contributed by atoms with van der Waals surface area (Å²) in [5, 5.41) is 0. The molecule has 0 aromatic rings. The standard InChI is InChI=1S/C6H9P/c1-3-7-4-2-6(1)5-7/h1,3,7H,2,4-5H2. The fourth-order valence-corrected chi connectivity index (χ4v) is 3.76. The van der Waals surface area contributed by atoms with Crippen LogP contribution in [0.15, 0.2) is 11.6 Å². The minimum absolute atomic E-state index is 0.105. The van der Waals surface area contributed by atoms with E-state index in [0.29, 0.717) is 0 Å². The maximum Gasteiger partial charge on any atom is -0.0138 e. The average molecular weight is 112 g/mol. The van der Waals surface area contributed by atoms with Gasteiger partial charge in [0.25, 0.3) is 0 Å². The summed E-state index contributed by atoms with van der Waals surface area (Å²) in [5.41, 5.74) is 1.73. The monoisotopic (exact) mass is 112 g/mol. The maximum absolute atomic E-state index is 2.45. The van der Waals surface area contributed by atoms with Gasteiger partial charge in [-0.1, -0.05) is 17.4 Å². The van der Waals surface area contributed by atoms with E-state index < -0.39 is 0 Å². The lowest BCUT2D eigenvalue weighted by molar-refractivity contribution is 1.17. The number of hydrogen-bond acceptors (Lipinski definition) is 0. The minimum Gasteiger partial charge on any atom is -0.113 e. The van der Waals surface area contributed by atoms with Crippen LogP contribution < -0.4 is 0 Å². The average Bonchev–Trinajstić information content (AvgIpc) is 2.22. The van der Waals surface area contributed by atoms with E-state index in [2.05, 4.69) is 11.9 Å². The van der Waals surface area contributed by atoms with Crippen LogP contribution in [0.25, 0.3) is 0 Å². The smallest absolute Gasteiger partial charge is 0.0138 e. The predicted molar refractivity (Wildman–Crippen MR) is 36.8 cm³/mol. The van der Waals surface area contributed by atoms with Crippen LogP contribution in [0.5, 0.6) is 0 Å². The fraction of sp³-hybridized carbons (Fsp3) is 0.500. The molecule has 0 aliphatic carbocycles. The van der Waals surface area contributed by atoms with Crippen LogP contribution in [-0.4, -0.2) is 18.1 Å². The highest BCUT2D eigenvalue weighted by Gasteiger charge is 2.13. The van der Waals surface area contributed by atoms with Crippen molar-refractivity contribution in [1.29, 1.82) is 0 Å². The lowest BCUT2D eigenvalue weighted by atomic mass is 10.2. The normalized spacial score (nSPS) is 35.4. The Kier molecular flexibility index (Phi) is 0.714. The van der Waals surface area contributed by atoms with Crippen molar-refractivity contribution >= 4 is 13.3 Å². The Bertz CT molecular complexity index is 136. The summed E-state index contributed by atoms with van der Waals surface area (Å²) in [5.74, 6) is 2.45. The highest BCUT2D eigenvalue weighted by molar-refractivity contribution is 7.58. The van der Waals surface area contributed by atoms with Gasteiger partial charge in [-0.25, -0.2) is 0 Å². The molecule has 0 aromatic heterocycles. The Balaban J connectivity index is 2.45. The summed E-state index contributed by atoms with van der Waals surface area (Å²) in [7, 11) is 0.105. The quantitative estimate of drug-likeness (QED) is 0.415. The first-order valence-electron chi connectivity index (χ1n) is 2.82. The summed E-state index contributed by atoms with van der Waals surface area (Å²) in [4.78, 5) is 0. The van der Waals surface area contributed by atoms with E-state index in [-0.39, 0.29) is 7.55 Å². The van der Waals surface area contributed by atoms with E-state index in [1.807, 2.05) is 0 Å². The van der Waals surface area contributed by atoms with Crippen molar-refractivity contribution in [3.05, 3.63) is 11.6 Å². The molecule has 2 aliphatic heterocycles. The first-order valence-corrected chi connectivity index (χ1v) is 4.82. The molecular weight excluding hydrogens is 103 g/mol. The van der Waals surface area contributed by atoms with Gasteiger partial charge in [-0.15, -0.1) is 7.55 Å². The van der Waals surface area contributed by atoms with Crippen molar-refractivity contribution in [3.8, 4) is 0 Å². The summed E-state index contributed by atoms with van der Waals surface area (Å²) in [6, 6.07) is 0. The summed E-state index contributed by atoms with van der Waals surface area (Å²) < 4.78 is 0. The van der Waals surface area contributed by atoms with E-state index in [1.54, 1.807) is 5.57 Å². The molecule has 2 rings (SSSR count). The van der Waals surface area contributed by atoms with E-state index >= 15 is 0 Å². The number of allylic oxidation sites excluding steroid dienone is 2. The second kappa shape index (κ2) is 1.26. The molecule has 0 saturated carbocycles. The molecule has 7 heavy (non-hydrogen) atoms. The van der Waals surface area contributed by atoms with Crippen LogP contribution in [0.2, 0.25) is 0 Å². The maximum atomic E-state index is 2.45. The van der Waals surface area contributed by atoms with Gasteiger partial charge in [0.15, 0.2) is 0 Å². The summed E-state index contributed by atoms with van der Waals surface area (Å²) in [6.07, 6.45) is 6.81. The largest absolute Gasteiger partial charge is 0.113 e. The van der Waals surface area contributed by atoms with E-state index in [9.17, 15) is 0 Å². The van der Waals surface area contributed by atoms with Gasteiger partial charge in [0.1, 0.15) is 0 Å². The van der Waals surface area contributed by atoms with Crippen LogP contribution in [0.1, 0.15) is 6.42 Å². The molecule has 2 aliphatic rings. The van der Waals surface area contributed by atoms with Gasteiger partial charge in [-0.2, -0.15) is 0 Å². The second-order valence-corrected chi connectivity index (χ2v) is 4.83. The van der Waals surface area contributed by atoms with Crippen molar-refractivity contribution in [2.24, 2.45) is 0 Å². The molecule has 0 nitrogen and oxygen atoms in total. The molecule has 1 heteroatoms. The van der Waals surface area contributed by atoms with Crippen LogP contribution in [-0.2, 0) is 0 Å². The lowest BCUT2D eigenvalue weighted by Gasteiger charge is -1.88. The topological polar surface area (TPSA) is 0 Å². The SMILES string of the molecule is C1=C2CC[PH](=C1)C2. The van der Waals surface area contributed by atoms with Crippen LogP contribution in [0.3, 0.4) is 0 Å². The fourth-order valence-electron chi connectivity index (χ4n) is 1.31. The van der Waals surface area contributed by atoms with Crippen molar-refractivity contribution in [2.75, 3.05) is 12.3 Å². The molecule has 0 aromatic carbocycles. The van der Waals surface area contributed by atoms with Crippen molar-refractivity contribution in [3.63, 3.8) is 0 Å². The van der Waals surface area contributed by atoms with Crippen molar-refractivity contribution in [2.45, 2.75) is 6.42 Å². The molecule has 2 heterocycles. The zero-order chi connectivity index (χ0) is 4.69. The molecule has 1 atom stereocenters. The first-order chi connectivity index (χ1) is 3.45. The molecular formula is C6H9P. The van der Waals surface area contributed by atoms with Gasteiger partial charge in [0.05, 0.1) is 0 Å². The number of fused-ring (bicyclic) bond motifs is 2. The highest BCUT2D eigenvalue weighted by Crippen LogP contribution is 2.40. The minimum atomic E-state index is 0.105. The molecule has 38 valence electrons. The van der Waals surface area contributed by atoms with E-state index in [0.717, 1.165) is 0 Å². The number of rotatable bonds is 0. The lowest BCUT2D eigenvalue weighted by Crippen LogP contribution is -1.75. The van der Waals surface area contributed by atoms with Crippen molar-refractivity contribution < 1.29 is 0 Å². The van der Waals surface area contributed by atoms with Crippen LogP contribution in [0.4, 0.5) is 0 Å². The van der Waals surface area contributed by atoms with Gasteiger partial charge in [-0.3, -0.25) is 0 Å². The van der Waals surface area contributed by atoms with Gasteiger partial charge in [-0.05, 0) is 18.7 Å². The summed E-state index contributed by atoms with van der Waals surface area (Å²) >= 11 is 0. The zero-order valence-corrected chi connectivity index (χ0v) is 5.28. The van der Waals surface area contributed by atoms with Gasteiger partial charge in [0, 0.05) is 0 Å². The third kappa shape index (κ3) is 0.500. The summed E-state index contributed by atoms with van der Waals surface area (Å²) in [6.45, 7) is 0. The van der Waals surface area contributed by atoms with Crippen LogP contribution in [0, 0.1) is 0 Å². The molecule has 0 amide bonds. The molecule has 0 N–H and O–H groups in total. The Morgan fingerprint density at radius 2 is 2.57 bits per heavy atom. The number of hydrogen-bond donors (Lipinski definition) is 0. The Morgan fingerprint density at radius 1 is 1.57 bits per heavy atom. The van der Waals surface area contributed by atoms with Crippen molar-refractivity contribution in [1.82, 2.24) is 0 Å². The first kappa shape index (κ1) is 3.97. The van der Waals surface area contributed by atoms with Gasteiger partial charge in [0.2, 0.25) is 0 Å². The zero-order valence-electron chi connectivity index (χ0n) is 4.28. The second-order valence-electron chi connectivity index (χ2n) is 2.33. The Labute approximate surface area is 44.6 Å². The van der Waals surface area contributed by atoms with Gasteiger partial charge >= 0.3 is 0 Å². The molecule has 2 bridgehead atoms. The third-order valence-electron chi connectivity index (χ3n) is 1.78. The Morgan fingerprint density at radius 3 is 2.71 bits per heavy atom. The molecule has 0 radical (unpaired) electrons. The van der Waals surface area contributed by atoms with Crippen LogP contribution >= 0.6 is 7.55 Å².